The lowest BCUT2D eigenvalue weighted by atomic mass is 10.1. The van der Waals surface area contributed by atoms with Crippen molar-refractivity contribution < 1.29 is 4.74 Å². The minimum absolute atomic E-state index is 0.303. The Kier molecular flexibility index (Phi) is 3.66. The Morgan fingerprint density at radius 2 is 2.24 bits per heavy atom. The summed E-state index contributed by atoms with van der Waals surface area (Å²) in [6.07, 6.45) is 0. The van der Waals surface area contributed by atoms with Crippen LogP contribution in [0.15, 0.2) is 23.6 Å². The van der Waals surface area contributed by atoms with Crippen molar-refractivity contribution in [1.29, 1.82) is 0 Å². The second kappa shape index (κ2) is 5.04. The van der Waals surface area contributed by atoms with Gasteiger partial charge in [0.15, 0.2) is 0 Å². The summed E-state index contributed by atoms with van der Waals surface area (Å²) in [5, 5.41) is 3.49. The summed E-state index contributed by atoms with van der Waals surface area (Å²) in [7, 11) is 1.62. The third-order valence-corrected chi connectivity index (χ3v) is 3.71. The largest absolute Gasteiger partial charge is 0.496 e. The normalized spacial score (nSPS) is 12.5. The summed E-state index contributed by atoms with van der Waals surface area (Å²) in [6.45, 7) is 1.95. The van der Waals surface area contributed by atoms with Crippen LogP contribution >= 0.6 is 22.9 Å². The first-order valence-electron chi connectivity index (χ1n) is 5.13. The average Bonchev–Trinajstić information content (AvgIpc) is 2.75. The summed E-state index contributed by atoms with van der Waals surface area (Å²) in [5.74, 6) is 0.731. The van der Waals surface area contributed by atoms with E-state index < -0.39 is 0 Å². The number of rotatable bonds is 3. The van der Waals surface area contributed by atoms with E-state index in [1.54, 1.807) is 24.5 Å². The molecule has 0 saturated heterocycles. The van der Waals surface area contributed by atoms with Gasteiger partial charge in [-0.15, -0.1) is 11.3 Å². The third-order valence-electron chi connectivity index (χ3n) is 2.43. The summed E-state index contributed by atoms with van der Waals surface area (Å²) >= 11 is 7.53. The van der Waals surface area contributed by atoms with Crippen LogP contribution in [-0.4, -0.2) is 12.1 Å². The molecule has 2 aromatic rings. The highest BCUT2D eigenvalue weighted by Crippen LogP contribution is 2.31. The number of hydrogen-bond donors (Lipinski definition) is 1. The zero-order valence-electron chi connectivity index (χ0n) is 9.61. The van der Waals surface area contributed by atoms with E-state index >= 15 is 0 Å². The summed E-state index contributed by atoms with van der Waals surface area (Å²) in [6, 6.07) is 5.12. The number of benzene rings is 1. The molecule has 1 aromatic heterocycles. The molecule has 90 valence electrons. The van der Waals surface area contributed by atoms with Crippen LogP contribution in [0.3, 0.4) is 0 Å². The predicted octanol–water partition coefficient (Wildman–Crippen LogP) is 3.16. The Bertz CT molecular complexity index is 527. The maximum absolute atomic E-state index is 6.18. The van der Waals surface area contributed by atoms with Crippen molar-refractivity contribution in [1.82, 2.24) is 4.98 Å². The van der Waals surface area contributed by atoms with Crippen molar-refractivity contribution in [3.8, 4) is 5.75 Å². The van der Waals surface area contributed by atoms with E-state index in [1.807, 2.05) is 24.4 Å². The lowest BCUT2D eigenvalue weighted by molar-refractivity contribution is 0.408. The van der Waals surface area contributed by atoms with Crippen molar-refractivity contribution in [2.75, 3.05) is 7.11 Å². The molecule has 0 amide bonds. The average molecular weight is 269 g/mol. The lowest BCUT2D eigenvalue weighted by Crippen LogP contribution is -2.13. The number of thiazole rings is 1. The van der Waals surface area contributed by atoms with E-state index in [0.717, 1.165) is 22.0 Å². The van der Waals surface area contributed by atoms with Crippen molar-refractivity contribution >= 4 is 22.9 Å². The summed E-state index contributed by atoms with van der Waals surface area (Å²) in [4.78, 5) is 4.39. The molecule has 1 atom stereocenters. The molecule has 2 N–H and O–H groups in total. The number of aromatic nitrogens is 1. The fraction of sp³-hybridized carbons (Fsp3) is 0.250. The molecular weight excluding hydrogens is 256 g/mol. The fourth-order valence-corrected chi connectivity index (χ4v) is 2.59. The SMILES string of the molecule is COc1ccc(Cl)cc1C(N)c1nc(C)cs1. The van der Waals surface area contributed by atoms with Gasteiger partial charge in [-0.05, 0) is 25.1 Å². The smallest absolute Gasteiger partial charge is 0.124 e. The number of nitrogens with two attached hydrogens (primary N) is 1. The number of halogens is 1. The van der Waals surface area contributed by atoms with Crippen LogP contribution in [0.4, 0.5) is 0 Å². The second-order valence-electron chi connectivity index (χ2n) is 3.69. The number of methoxy groups -OCH3 is 1. The van der Waals surface area contributed by atoms with Crippen LogP contribution in [0.1, 0.15) is 22.3 Å². The Morgan fingerprint density at radius 3 is 2.82 bits per heavy atom. The Labute approximate surface area is 109 Å². The first-order valence-corrected chi connectivity index (χ1v) is 6.38. The van der Waals surface area contributed by atoms with Gasteiger partial charge in [-0.25, -0.2) is 4.98 Å². The molecule has 0 aliphatic carbocycles. The van der Waals surface area contributed by atoms with E-state index in [9.17, 15) is 0 Å². The number of ether oxygens (including phenoxy) is 1. The van der Waals surface area contributed by atoms with Gasteiger partial charge >= 0.3 is 0 Å². The van der Waals surface area contributed by atoms with Gasteiger partial charge in [0.05, 0.1) is 13.2 Å². The minimum Gasteiger partial charge on any atom is -0.496 e. The van der Waals surface area contributed by atoms with Gasteiger partial charge in [-0.3, -0.25) is 0 Å². The van der Waals surface area contributed by atoms with Crippen LogP contribution in [0.2, 0.25) is 5.02 Å². The van der Waals surface area contributed by atoms with E-state index in [2.05, 4.69) is 4.98 Å². The topological polar surface area (TPSA) is 48.1 Å². The third kappa shape index (κ3) is 2.60. The number of nitrogens with zero attached hydrogens (tertiary/aromatic N) is 1. The standard InChI is InChI=1S/C12H13ClN2OS/c1-7-6-17-12(15-7)11(14)9-5-8(13)3-4-10(9)16-2/h3-6,11H,14H2,1-2H3. The molecule has 1 aromatic carbocycles. The first kappa shape index (κ1) is 12.4. The molecule has 3 nitrogen and oxygen atoms in total. The van der Waals surface area contributed by atoms with Crippen LogP contribution in [0, 0.1) is 6.92 Å². The van der Waals surface area contributed by atoms with Crippen molar-refractivity contribution in [3.05, 3.63) is 44.9 Å². The lowest BCUT2D eigenvalue weighted by Gasteiger charge is -2.13. The molecule has 0 spiro atoms. The molecule has 0 fully saturated rings. The van der Waals surface area contributed by atoms with E-state index in [0.29, 0.717) is 5.02 Å². The minimum atomic E-state index is -0.303. The molecule has 5 heteroatoms. The highest BCUT2D eigenvalue weighted by molar-refractivity contribution is 7.09. The van der Waals surface area contributed by atoms with E-state index in [-0.39, 0.29) is 6.04 Å². The number of hydrogen-bond acceptors (Lipinski definition) is 4. The zero-order valence-corrected chi connectivity index (χ0v) is 11.2. The van der Waals surface area contributed by atoms with Gasteiger partial charge in [-0.2, -0.15) is 0 Å². The molecule has 1 unspecified atom stereocenters. The van der Waals surface area contributed by atoms with Crippen LogP contribution in [0.25, 0.3) is 0 Å². The first-order chi connectivity index (χ1) is 8.11. The zero-order chi connectivity index (χ0) is 12.4. The molecule has 0 saturated carbocycles. The van der Waals surface area contributed by atoms with Crippen LogP contribution in [0.5, 0.6) is 5.75 Å². The van der Waals surface area contributed by atoms with E-state index in [4.69, 9.17) is 22.1 Å². The molecule has 0 bridgehead atoms. The molecule has 2 rings (SSSR count). The Balaban J connectivity index is 2.42. The molecule has 17 heavy (non-hydrogen) atoms. The van der Waals surface area contributed by atoms with Crippen LogP contribution in [-0.2, 0) is 0 Å². The maximum Gasteiger partial charge on any atom is 0.124 e. The van der Waals surface area contributed by atoms with Crippen molar-refractivity contribution in [2.45, 2.75) is 13.0 Å². The van der Waals surface area contributed by atoms with Crippen LogP contribution < -0.4 is 10.5 Å². The molecule has 0 radical (unpaired) electrons. The van der Waals surface area contributed by atoms with Crippen molar-refractivity contribution in [3.63, 3.8) is 0 Å². The van der Waals surface area contributed by atoms with Gasteiger partial charge in [-0.1, -0.05) is 11.6 Å². The van der Waals surface area contributed by atoms with Gasteiger partial charge < -0.3 is 10.5 Å². The molecular formula is C12H13ClN2OS. The summed E-state index contributed by atoms with van der Waals surface area (Å²) < 4.78 is 5.29. The Hall–Kier alpha value is -1.10. The second-order valence-corrected chi connectivity index (χ2v) is 5.02. The predicted molar refractivity (Wildman–Crippen MR) is 70.9 cm³/mol. The van der Waals surface area contributed by atoms with Gasteiger partial charge in [0.2, 0.25) is 0 Å². The van der Waals surface area contributed by atoms with Gasteiger partial charge in [0.25, 0.3) is 0 Å². The molecule has 1 heterocycles. The maximum atomic E-state index is 6.18. The molecule has 0 aliphatic heterocycles. The fourth-order valence-electron chi connectivity index (χ4n) is 1.60. The number of aryl methyl sites for hydroxylation is 1. The molecule has 0 aliphatic rings. The summed E-state index contributed by atoms with van der Waals surface area (Å²) in [5.41, 5.74) is 8.01. The van der Waals surface area contributed by atoms with Crippen molar-refractivity contribution in [2.24, 2.45) is 5.73 Å². The monoisotopic (exact) mass is 268 g/mol. The highest BCUT2D eigenvalue weighted by atomic mass is 35.5. The Morgan fingerprint density at radius 1 is 1.47 bits per heavy atom. The quantitative estimate of drug-likeness (QED) is 0.930. The highest BCUT2D eigenvalue weighted by Gasteiger charge is 2.17. The van der Waals surface area contributed by atoms with Gasteiger partial charge in [0.1, 0.15) is 10.8 Å². The van der Waals surface area contributed by atoms with E-state index in [1.165, 1.54) is 0 Å². The van der Waals surface area contributed by atoms with Gasteiger partial charge in [0, 0.05) is 21.7 Å².